The highest BCUT2D eigenvalue weighted by atomic mass is 16.2. The van der Waals surface area contributed by atoms with Gasteiger partial charge in [-0.05, 0) is 30.2 Å². The lowest BCUT2D eigenvalue weighted by Crippen LogP contribution is -1.93. The third-order valence-electron chi connectivity index (χ3n) is 2.27. The van der Waals surface area contributed by atoms with Crippen molar-refractivity contribution in [2.45, 2.75) is 6.42 Å². The lowest BCUT2D eigenvalue weighted by atomic mass is 10.2. The van der Waals surface area contributed by atoms with Crippen LogP contribution in [0.5, 0.6) is 0 Å². The molecule has 0 unspecified atom stereocenters. The van der Waals surface area contributed by atoms with E-state index in [0.717, 1.165) is 11.3 Å². The highest BCUT2D eigenvalue weighted by Crippen LogP contribution is 2.09. The SMILES string of the molecule is OCCC=Cc1ccc(-n2cccn2)cc1. The first-order valence-electron chi connectivity index (χ1n) is 5.27. The van der Waals surface area contributed by atoms with Crippen molar-refractivity contribution in [3.8, 4) is 5.69 Å². The van der Waals surface area contributed by atoms with E-state index >= 15 is 0 Å². The minimum absolute atomic E-state index is 0.196. The summed E-state index contributed by atoms with van der Waals surface area (Å²) < 4.78 is 1.82. The fourth-order valence-electron chi connectivity index (χ4n) is 1.45. The maximum atomic E-state index is 8.65. The fourth-order valence-corrected chi connectivity index (χ4v) is 1.45. The molecular weight excluding hydrogens is 200 g/mol. The van der Waals surface area contributed by atoms with E-state index in [1.54, 1.807) is 6.20 Å². The zero-order chi connectivity index (χ0) is 11.2. The van der Waals surface area contributed by atoms with Gasteiger partial charge in [0.2, 0.25) is 0 Å². The van der Waals surface area contributed by atoms with Crippen molar-refractivity contribution in [1.82, 2.24) is 9.78 Å². The first-order valence-corrected chi connectivity index (χ1v) is 5.27. The van der Waals surface area contributed by atoms with Gasteiger partial charge in [-0.25, -0.2) is 4.68 Å². The molecule has 0 bridgehead atoms. The molecule has 1 heterocycles. The summed E-state index contributed by atoms with van der Waals surface area (Å²) in [5, 5.41) is 12.8. The number of hydrogen-bond acceptors (Lipinski definition) is 2. The van der Waals surface area contributed by atoms with Crippen LogP contribution in [0, 0.1) is 0 Å². The smallest absolute Gasteiger partial charge is 0.0645 e. The zero-order valence-electron chi connectivity index (χ0n) is 8.95. The van der Waals surface area contributed by atoms with Crippen LogP contribution in [0.1, 0.15) is 12.0 Å². The monoisotopic (exact) mass is 214 g/mol. The van der Waals surface area contributed by atoms with Gasteiger partial charge in [-0.2, -0.15) is 5.10 Å². The molecule has 0 atom stereocenters. The summed E-state index contributed by atoms with van der Waals surface area (Å²) in [4.78, 5) is 0. The highest BCUT2D eigenvalue weighted by molar-refractivity contribution is 5.51. The van der Waals surface area contributed by atoms with Gasteiger partial charge < -0.3 is 5.11 Å². The lowest BCUT2D eigenvalue weighted by Gasteiger charge is -2.01. The van der Waals surface area contributed by atoms with Crippen LogP contribution in [0.25, 0.3) is 11.8 Å². The molecule has 0 amide bonds. The fraction of sp³-hybridized carbons (Fsp3) is 0.154. The lowest BCUT2D eigenvalue weighted by molar-refractivity contribution is 0.303. The highest BCUT2D eigenvalue weighted by Gasteiger charge is 1.94. The van der Waals surface area contributed by atoms with E-state index in [4.69, 9.17) is 5.11 Å². The molecule has 2 aromatic rings. The van der Waals surface area contributed by atoms with Gasteiger partial charge in [0.15, 0.2) is 0 Å². The second kappa shape index (κ2) is 5.28. The number of benzene rings is 1. The van der Waals surface area contributed by atoms with Gasteiger partial charge >= 0.3 is 0 Å². The van der Waals surface area contributed by atoms with Crippen LogP contribution in [0.15, 0.2) is 48.8 Å². The molecule has 0 aliphatic carbocycles. The van der Waals surface area contributed by atoms with Crippen molar-refractivity contribution >= 4 is 6.08 Å². The van der Waals surface area contributed by atoms with Crippen molar-refractivity contribution in [2.24, 2.45) is 0 Å². The summed E-state index contributed by atoms with van der Waals surface area (Å²) in [6.45, 7) is 0.196. The van der Waals surface area contributed by atoms with Crippen LogP contribution in [-0.2, 0) is 0 Å². The Morgan fingerprint density at radius 2 is 2.06 bits per heavy atom. The summed E-state index contributed by atoms with van der Waals surface area (Å²) in [5.74, 6) is 0. The van der Waals surface area contributed by atoms with Gasteiger partial charge in [0.25, 0.3) is 0 Å². The molecular formula is C13H14N2O. The number of nitrogens with zero attached hydrogens (tertiary/aromatic N) is 2. The number of hydrogen-bond donors (Lipinski definition) is 1. The predicted molar refractivity (Wildman–Crippen MR) is 64.3 cm³/mol. The van der Waals surface area contributed by atoms with E-state index in [-0.39, 0.29) is 6.61 Å². The number of aromatic nitrogens is 2. The van der Waals surface area contributed by atoms with Crippen LogP contribution < -0.4 is 0 Å². The molecule has 0 saturated carbocycles. The quantitative estimate of drug-likeness (QED) is 0.847. The molecule has 3 nitrogen and oxygen atoms in total. The normalized spacial score (nSPS) is 11.1. The van der Waals surface area contributed by atoms with Crippen LogP contribution in [-0.4, -0.2) is 21.5 Å². The Hall–Kier alpha value is -1.87. The van der Waals surface area contributed by atoms with Crippen LogP contribution in [0.2, 0.25) is 0 Å². The first kappa shape index (κ1) is 10.6. The topological polar surface area (TPSA) is 38.0 Å². The molecule has 0 spiro atoms. The number of aliphatic hydroxyl groups is 1. The molecule has 2 rings (SSSR count). The Morgan fingerprint density at radius 1 is 1.25 bits per heavy atom. The van der Waals surface area contributed by atoms with Crippen molar-refractivity contribution in [3.05, 3.63) is 54.4 Å². The molecule has 0 aliphatic rings. The van der Waals surface area contributed by atoms with E-state index in [9.17, 15) is 0 Å². The minimum atomic E-state index is 0.196. The van der Waals surface area contributed by atoms with Crippen LogP contribution >= 0.6 is 0 Å². The molecule has 1 N–H and O–H groups in total. The molecule has 1 aromatic heterocycles. The Kier molecular flexibility index (Phi) is 3.51. The van der Waals surface area contributed by atoms with Crippen molar-refractivity contribution in [2.75, 3.05) is 6.61 Å². The van der Waals surface area contributed by atoms with Crippen LogP contribution in [0.3, 0.4) is 0 Å². The second-order valence-electron chi connectivity index (χ2n) is 3.46. The Bertz CT molecular complexity index is 443. The summed E-state index contributed by atoms with van der Waals surface area (Å²) in [5.41, 5.74) is 2.17. The maximum absolute atomic E-state index is 8.65. The van der Waals surface area contributed by atoms with E-state index in [1.807, 2.05) is 53.4 Å². The second-order valence-corrected chi connectivity index (χ2v) is 3.46. The largest absolute Gasteiger partial charge is 0.396 e. The van der Waals surface area contributed by atoms with Crippen molar-refractivity contribution in [1.29, 1.82) is 0 Å². The molecule has 0 saturated heterocycles. The molecule has 16 heavy (non-hydrogen) atoms. The number of rotatable bonds is 4. The first-order chi connectivity index (χ1) is 7.90. The predicted octanol–water partition coefficient (Wildman–Crippen LogP) is 2.27. The molecule has 3 heteroatoms. The van der Waals surface area contributed by atoms with Gasteiger partial charge in [0.1, 0.15) is 0 Å². The molecule has 0 aliphatic heterocycles. The summed E-state index contributed by atoms with van der Waals surface area (Å²) in [6, 6.07) is 10.0. The third-order valence-corrected chi connectivity index (χ3v) is 2.27. The zero-order valence-corrected chi connectivity index (χ0v) is 8.95. The van der Waals surface area contributed by atoms with Gasteiger partial charge in [-0.3, -0.25) is 0 Å². The number of aliphatic hydroxyl groups excluding tert-OH is 1. The van der Waals surface area contributed by atoms with E-state index < -0.39 is 0 Å². The average molecular weight is 214 g/mol. The molecule has 0 fully saturated rings. The van der Waals surface area contributed by atoms with Gasteiger partial charge in [0.05, 0.1) is 5.69 Å². The Labute approximate surface area is 94.7 Å². The van der Waals surface area contributed by atoms with E-state index in [0.29, 0.717) is 6.42 Å². The summed E-state index contributed by atoms with van der Waals surface area (Å²) >= 11 is 0. The van der Waals surface area contributed by atoms with E-state index in [2.05, 4.69) is 5.10 Å². The summed E-state index contributed by atoms with van der Waals surface area (Å²) in [6.07, 6.45) is 8.33. The maximum Gasteiger partial charge on any atom is 0.0645 e. The summed E-state index contributed by atoms with van der Waals surface area (Å²) in [7, 11) is 0. The minimum Gasteiger partial charge on any atom is -0.396 e. The van der Waals surface area contributed by atoms with Crippen molar-refractivity contribution < 1.29 is 5.11 Å². The van der Waals surface area contributed by atoms with Gasteiger partial charge in [-0.15, -0.1) is 0 Å². The Balaban J connectivity index is 2.11. The van der Waals surface area contributed by atoms with E-state index in [1.165, 1.54) is 0 Å². The molecule has 0 radical (unpaired) electrons. The molecule has 82 valence electrons. The van der Waals surface area contributed by atoms with Gasteiger partial charge in [-0.1, -0.05) is 24.3 Å². The van der Waals surface area contributed by atoms with Gasteiger partial charge in [0, 0.05) is 19.0 Å². The van der Waals surface area contributed by atoms with Crippen LogP contribution in [0.4, 0.5) is 0 Å². The average Bonchev–Trinajstić information content (AvgIpc) is 2.84. The molecule has 1 aromatic carbocycles. The Morgan fingerprint density at radius 3 is 2.69 bits per heavy atom. The third kappa shape index (κ3) is 2.58. The van der Waals surface area contributed by atoms with Crippen molar-refractivity contribution in [3.63, 3.8) is 0 Å². The standard InChI is InChI=1S/C13H14N2O/c16-11-2-1-4-12-5-7-13(8-6-12)15-10-3-9-14-15/h1,3-10,16H,2,11H2.